The molecule has 0 spiro atoms. The zero-order chi connectivity index (χ0) is 22.9. The molecule has 0 radical (unpaired) electrons. The number of nitrogens with two attached hydrogens (primary N) is 1. The molecule has 0 aliphatic heterocycles. The fraction of sp³-hybridized carbons (Fsp3) is 0.200. The van der Waals surface area contributed by atoms with Crippen LogP contribution in [0.25, 0.3) is 16.7 Å². The van der Waals surface area contributed by atoms with Gasteiger partial charge < -0.3 is 15.8 Å². The summed E-state index contributed by atoms with van der Waals surface area (Å²) in [4.78, 5) is 39.1. The van der Waals surface area contributed by atoms with Crippen LogP contribution in [0.3, 0.4) is 0 Å². The zero-order valence-electron chi connectivity index (χ0n) is 16.4. The highest BCUT2D eigenvalue weighted by molar-refractivity contribution is 6.00. The Balaban J connectivity index is 2.17. The van der Waals surface area contributed by atoms with Crippen molar-refractivity contribution >= 4 is 40.5 Å². The first-order valence-corrected chi connectivity index (χ1v) is 9.04. The molecule has 11 heteroatoms. The average Bonchev–Trinajstić information content (AvgIpc) is 3.02. The number of imidazole rings is 1. The molecule has 0 saturated heterocycles. The van der Waals surface area contributed by atoms with Gasteiger partial charge in [-0.05, 0) is 36.2 Å². The van der Waals surface area contributed by atoms with Crippen LogP contribution in [0.5, 0.6) is 0 Å². The van der Waals surface area contributed by atoms with E-state index in [4.69, 9.17) is 5.73 Å². The molecular weight excluding hydrogens is 417 g/mol. The highest BCUT2D eigenvalue weighted by atomic mass is 19.4. The quantitative estimate of drug-likeness (QED) is 0.480. The molecule has 1 heterocycles. The molecule has 3 rings (SSSR count). The summed E-state index contributed by atoms with van der Waals surface area (Å²) in [7, 11) is 0. The van der Waals surface area contributed by atoms with Gasteiger partial charge in [0.05, 0.1) is 28.0 Å². The number of aryl methyl sites for hydroxylation is 1. The smallest absolute Gasteiger partial charge is 0.383 e. The van der Waals surface area contributed by atoms with Gasteiger partial charge in [-0.25, -0.2) is 14.6 Å². The maximum Gasteiger partial charge on any atom is 0.491 e. The Kier molecular flexibility index (Phi) is 5.69. The number of benzene rings is 2. The monoisotopic (exact) mass is 434 g/mol. The third kappa shape index (κ3) is 4.34. The van der Waals surface area contributed by atoms with E-state index in [0.717, 1.165) is 17.7 Å². The fourth-order valence-corrected chi connectivity index (χ4v) is 3.05. The van der Waals surface area contributed by atoms with Gasteiger partial charge in [-0.3, -0.25) is 9.36 Å². The second-order valence-corrected chi connectivity index (χ2v) is 6.53. The van der Waals surface area contributed by atoms with Crippen molar-refractivity contribution < 1.29 is 32.3 Å². The first kappa shape index (κ1) is 21.8. The maximum absolute atomic E-state index is 12.4. The fourth-order valence-electron chi connectivity index (χ4n) is 3.05. The molecule has 8 nitrogen and oxygen atoms in total. The number of rotatable bonds is 4. The topological polar surface area (TPSA) is 116 Å². The van der Waals surface area contributed by atoms with Crippen molar-refractivity contribution in [3.63, 3.8) is 0 Å². The van der Waals surface area contributed by atoms with Crippen LogP contribution in [0.15, 0.2) is 36.4 Å². The number of nitrogen functional groups attached to an aromatic ring is 1. The summed E-state index contributed by atoms with van der Waals surface area (Å²) < 4.78 is 42.6. The number of para-hydroxylation sites is 1. The predicted octanol–water partition coefficient (Wildman–Crippen LogP) is 3.37. The van der Waals surface area contributed by atoms with Gasteiger partial charge in [-0.1, -0.05) is 19.1 Å². The van der Waals surface area contributed by atoms with Gasteiger partial charge in [-0.2, -0.15) is 13.2 Å². The summed E-state index contributed by atoms with van der Waals surface area (Å²) >= 11 is 0. The van der Waals surface area contributed by atoms with E-state index in [0.29, 0.717) is 17.5 Å². The summed E-state index contributed by atoms with van der Waals surface area (Å²) in [5.74, 6) is -4.54. The summed E-state index contributed by atoms with van der Waals surface area (Å²) in [6.07, 6.45) is -4.66. The number of carbonyl (C=O) groups is 3. The van der Waals surface area contributed by atoms with Gasteiger partial charge in [-0.15, -0.1) is 0 Å². The SMILES string of the molecule is CCc1cccc2c1nc(N)n2-c1cc(C(=O)OC(=O)C(F)(F)F)ccc1NC(C)=O. The molecule has 0 aliphatic rings. The lowest BCUT2D eigenvalue weighted by atomic mass is 10.1. The Morgan fingerprint density at radius 1 is 1.19 bits per heavy atom. The minimum absolute atomic E-state index is 0.0272. The molecule has 162 valence electrons. The van der Waals surface area contributed by atoms with Gasteiger partial charge >= 0.3 is 18.1 Å². The molecule has 0 fully saturated rings. The Morgan fingerprint density at radius 2 is 1.90 bits per heavy atom. The van der Waals surface area contributed by atoms with E-state index < -0.39 is 24.0 Å². The summed E-state index contributed by atoms with van der Waals surface area (Å²) in [5.41, 5.74) is 8.17. The largest absolute Gasteiger partial charge is 0.491 e. The van der Waals surface area contributed by atoms with Crippen LogP contribution in [0.1, 0.15) is 29.8 Å². The number of hydrogen-bond donors (Lipinski definition) is 2. The molecular formula is C20H17F3N4O4. The van der Waals surface area contributed by atoms with Crippen LogP contribution in [0.4, 0.5) is 24.8 Å². The van der Waals surface area contributed by atoms with Crippen molar-refractivity contribution in [2.45, 2.75) is 26.4 Å². The Labute approximate surface area is 173 Å². The van der Waals surface area contributed by atoms with Crippen molar-refractivity contribution in [3.05, 3.63) is 47.5 Å². The Hall–Kier alpha value is -3.89. The molecule has 0 atom stereocenters. The van der Waals surface area contributed by atoms with E-state index >= 15 is 0 Å². The molecule has 3 N–H and O–H groups in total. The third-order valence-electron chi connectivity index (χ3n) is 4.38. The molecule has 31 heavy (non-hydrogen) atoms. The van der Waals surface area contributed by atoms with Crippen LogP contribution in [-0.2, 0) is 20.7 Å². The number of nitrogens with zero attached hydrogens (tertiary/aromatic N) is 2. The lowest BCUT2D eigenvalue weighted by molar-refractivity contribution is -0.193. The average molecular weight is 434 g/mol. The number of aromatic nitrogens is 2. The number of fused-ring (bicyclic) bond motifs is 1. The molecule has 3 aromatic rings. The van der Waals surface area contributed by atoms with E-state index in [1.807, 2.05) is 13.0 Å². The van der Waals surface area contributed by atoms with Crippen molar-refractivity contribution in [1.29, 1.82) is 0 Å². The van der Waals surface area contributed by atoms with Crippen LogP contribution in [-0.4, -0.2) is 33.6 Å². The van der Waals surface area contributed by atoms with Crippen LogP contribution in [0, 0.1) is 0 Å². The van der Waals surface area contributed by atoms with E-state index in [-0.39, 0.29) is 22.9 Å². The summed E-state index contributed by atoms with van der Waals surface area (Å²) in [6, 6.07) is 8.93. The highest BCUT2D eigenvalue weighted by Crippen LogP contribution is 2.31. The number of halogens is 3. The summed E-state index contributed by atoms with van der Waals surface area (Å²) in [5, 5.41) is 2.57. The molecule has 0 unspecified atom stereocenters. The normalized spacial score (nSPS) is 11.4. The van der Waals surface area contributed by atoms with Gasteiger partial charge in [0, 0.05) is 6.92 Å². The molecule has 0 aliphatic carbocycles. The molecule has 1 amide bonds. The van der Waals surface area contributed by atoms with Gasteiger partial charge in [0.1, 0.15) is 0 Å². The van der Waals surface area contributed by atoms with Crippen molar-refractivity contribution in [3.8, 4) is 5.69 Å². The zero-order valence-corrected chi connectivity index (χ0v) is 16.4. The predicted molar refractivity (Wildman–Crippen MR) is 106 cm³/mol. The molecule has 1 aromatic heterocycles. The first-order chi connectivity index (χ1) is 14.5. The minimum Gasteiger partial charge on any atom is -0.383 e. The van der Waals surface area contributed by atoms with E-state index in [2.05, 4.69) is 15.0 Å². The number of alkyl halides is 3. The number of amides is 1. The number of nitrogens with one attached hydrogen (secondary N) is 1. The van der Waals surface area contributed by atoms with Gasteiger partial charge in [0.2, 0.25) is 11.9 Å². The van der Waals surface area contributed by atoms with Crippen molar-refractivity contribution in [2.24, 2.45) is 0 Å². The van der Waals surface area contributed by atoms with Crippen molar-refractivity contribution in [2.75, 3.05) is 11.1 Å². The number of ether oxygens (including phenoxy) is 1. The van der Waals surface area contributed by atoms with E-state index in [1.54, 1.807) is 12.1 Å². The minimum atomic E-state index is -5.32. The van der Waals surface area contributed by atoms with Gasteiger partial charge in [0.15, 0.2) is 0 Å². The lowest BCUT2D eigenvalue weighted by Gasteiger charge is -2.15. The van der Waals surface area contributed by atoms with Crippen LogP contribution in [0.2, 0.25) is 0 Å². The van der Waals surface area contributed by atoms with E-state index in [1.165, 1.54) is 17.6 Å². The van der Waals surface area contributed by atoms with Crippen LogP contribution >= 0.6 is 0 Å². The maximum atomic E-state index is 12.4. The number of anilines is 2. The third-order valence-corrected chi connectivity index (χ3v) is 4.38. The second-order valence-electron chi connectivity index (χ2n) is 6.53. The molecule has 0 saturated carbocycles. The Bertz CT molecular complexity index is 1200. The standard InChI is InChI=1S/C20H17F3N4O4/c1-3-11-5-4-6-14-16(11)26-19(24)27(14)15-9-12(7-8-13(15)25-10(2)28)17(29)31-18(30)20(21,22)23/h4-9H,3H2,1-2H3,(H2,24,26)(H,25,28). The van der Waals surface area contributed by atoms with Gasteiger partial charge in [0.25, 0.3) is 0 Å². The highest BCUT2D eigenvalue weighted by Gasteiger charge is 2.42. The number of esters is 2. The molecule has 2 aromatic carbocycles. The first-order valence-electron chi connectivity index (χ1n) is 9.04. The Morgan fingerprint density at radius 3 is 2.52 bits per heavy atom. The number of carbonyl (C=O) groups excluding carboxylic acids is 3. The lowest BCUT2D eigenvalue weighted by Crippen LogP contribution is -2.28. The van der Waals surface area contributed by atoms with Crippen molar-refractivity contribution in [1.82, 2.24) is 9.55 Å². The summed E-state index contributed by atoms with van der Waals surface area (Å²) in [6.45, 7) is 3.19. The van der Waals surface area contributed by atoms with E-state index in [9.17, 15) is 27.6 Å². The number of hydrogen-bond acceptors (Lipinski definition) is 6. The molecule has 0 bridgehead atoms. The van der Waals surface area contributed by atoms with Crippen LogP contribution < -0.4 is 11.1 Å². The second kappa shape index (κ2) is 8.09.